The molecule has 3 rings (SSSR count). The van der Waals surface area contributed by atoms with Crippen LogP contribution in [-0.4, -0.2) is 64.8 Å². The van der Waals surface area contributed by atoms with E-state index < -0.39 is 10.0 Å². The smallest absolute Gasteiger partial charge is 0.255 e. The number of aromatic nitrogens is 2. The number of likely N-dealkylation sites (tertiary alicyclic amines) is 1. The first-order chi connectivity index (χ1) is 11.8. The zero-order chi connectivity index (χ0) is 18.2. The molecule has 8 heteroatoms. The summed E-state index contributed by atoms with van der Waals surface area (Å²) in [6, 6.07) is 3.70. The fourth-order valence-electron chi connectivity index (χ4n) is 3.39. The molecule has 0 unspecified atom stereocenters. The number of pyridine rings is 1. The standard InChI is InChI=1S/C17H24N4O3S/c1-4-25(23,24)19(3)14-7-9-20(10-8-14)17(22)16-6-5-15-11-18-12-21(15)13(16)2/h5-6,11-12,14H,4,7-10H2,1-3H3. The summed E-state index contributed by atoms with van der Waals surface area (Å²) in [6.45, 7) is 4.69. The minimum atomic E-state index is -3.19. The molecule has 1 aliphatic heterocycles. The molecule has 0 aliphatic carbocycles. The summed E-state index contributed by atoms with van der Waals surface area (Å²) in [4.78, 5) is 18.8. The van der Waals surface area contributed by atoms with Crippen molar-refractivity contribution in [1.29, 1.82) is 0 Å². The lowest BCUT2D eigenvalue weighted by Gasteiger charge is -2.36. The van der Waals surface area contributed by atoms with Crippen LogP contribution in [0.2, 0.25) is 0 Å². The Morgan fingerprint density at radius 2 is 2.00 bits per heavy atom. The number of hydrogen-bond acceptors (Lipinski definition) is 4. The molecule has 1 amide bonds. The number of sulfonamides is 1. The predicted octanol–water partition coefficient (Wildman–Crippen LogP) is 1.53. The molecule has 136 valence electrons. The third-order valence-electron chi connectivity index (χ3n) is 5.14. The van der Waals surface area contributed by atoms with Crippen LogP contribution in [-0.2, 0) is 10.0 Å². The Labute approximate surface area is 148 Å². The highest BCUT2D eigenvalue weighted by atomic mass is 32.2. The van der Waals surface area contributed by atoms with Gasteiger partial charge in [-0.1, -0.05) is 0 Å². The first kappa shape index (κ1) is 17.9. The monoisotopic (exact) mass is 364 g/mol. The molecule has 0 aromatic carbocycles. The minimum Gasteiger partial charge on any atom is -0.338 e. The maximum Gasteiger partial charge on any atom is 0.255 e. The van der Waals surface area contributed by atoms with Crippen LogP contribution < -0.4 is 0 Å². The maximum absolute atomic E-state index is 12.9. The molecule has 0 atom stereocenters. The molecular formula is C17H24N4O3S. The van der Waals surface area contributed by atoms with Crippen molar-refractivity contribution >= 4 is 21.4 Å². The van der Waals surface area contributed by atoms with Gasteiger partial charge in [0.05, 0.1) is 29.4 Å². The van der Waals surface area contributed by atoms with E-state index in [9.17, 15) is 13.2 Å². The van der Waals surface area contributed by atoms with Crippen molar-refractivity contribution in [3.05, 3.63) is 35.9 Å². The van der Waals surface area contributed by atoms with E-state index in [-0.39, 0.29) is 17.7 Å². The van der Waals surface area contributed by atoms with E-state index in [0.29, 0.717) is 31.5 Å². The van der Waals surface area contributed by atoms with Crippen LogP contribution in [0, 0.1) is 6.92 Å². The summed E-state index contributed by atoms with van der Waals surface area (Å²) in [5, 5.41) is 0. The van der Waals surface area contributed by atoms with E-state index >= 15 is 0 Å². The molecule has 1 aliphatic rings. The van der Waals surface area contributed by atoms with E-state index in [1.165, 1.54) is 4.31 Å². The summed E-state index contributed by atoms with van der Waals surface area (Å²) in [7, 11) is -1.56. The third-order valence-corrected chi connectivity index (χ3v) is 7.04. The Bertz CT molecular complexity index is 882. The molecule has 7 nitrogen and oxygen atoms in total. The Balaban J connectivity index is 1.72. The lowest BCUT2D eigenvalue weighted by Crippen LogP contribution is -2.47. The summed E-state index contributed by atoms with van der Waals surface area (Å²) in [6.07, 6.45) is 4.79. The highest BCUT2D eigenvalue weighted by Crippen LogP contribution is 2.21. The molecule has 1 saturated heterocycles. The molecule has 25 heavy (non-hydrogen) atoms. The molecule has 2 aromatic heterocycles. The average molecular weight is 364 g/mol. The lowest BCUT2D eigenvalue weighted by molar-refractivity contribution is 0.0684. The quantitative estimate of drug-likeness (QED) is 0.824. The van der Waals surface area contributed by atoms with Crippen molar-refractivity contribution in [1.82, 2.24) is 18.6 Å². The van der Waals surface area contributed by atoms with Crippen molar-refractivity contribution in [2.75, 3.05) is 25.9 Å². The molecule has 0 saturated carbocycles. The number of imidazole rings is 1. The van der Waals surface area contributed by atoms with Gasteiger partial charge in [-0.15, -0.1) is 0 Å². The molecule has 1 fully saturated rings. The topological polar surface area (TPSA) is 75.0 Å². The lowest BCUT2D eigenvalue weighted by atomic mass is 10.0. The molecule has 2 aromatic rings. The van der Waals surface area contributed by atoms with Gasteiger partial charge in [0.25, 0.3) is 5.91 Å². The number of nitrogens with zero attached hydrogens (tertiary/aromatic N) is 4. The van der Waals surface area contributed by atoms with Gasteiger partial charge in [-0.25, -0.2) is 17.7 Å². The van der Waals surface area contributed by atoms with Gasteiger partial charge in [0.1, 0.15) is 0 Å². The molecule has 0 spiro atoms. The van der Waals surface area contributed by atoms with Crippen LogP contribution in [0.15, 0.2) is 24.7 Å². The normalized spacial score (nSPS) is 16.7. The average Bonchev–Trinajstić information content (AvgIpc) is 3.10. The van der Waals surface area contributed by atoms with Crippen molar-refractivity contribution in [3.8, 4) is 0 Å². The predicted molar refractivity (Wildman–Crippen MR) is 96.1 cm³/mol. The van der Waals surface area contributed by atoms with Gasteiger partial charge in [-0.05, 0) is 38.8 Å². The summed E-state index contributed by atoms with van der Waals surface area (Å²) in [5.41, 5.74) is 2.49. The minimum absolute atomic E-state index is 0.00690. The zero-order valence-corrected chi connectivity index (χ0v) is 15.7. The molecule has 0 N–H and O–H groups in total. The Morgan fingerprint density at radius 1 is 1.32 bits per heavy atom. The first-order valence-corrected chi connectivity index (χ1v) is 10.1. The maximum atomic E-state index is 12.9. The second-order valence-corrected chi connectivity index (χ2v) is 8.78. The van der Waals surface area contributed by atoms with Gasteiger partial charge in [0.15, 0.2) is 0 Å². The van der Waals surface area contributed by atoms with Crippen LogP contribution >= 0.6 is 0 Å². The van der Waals surface area contributed by atoms with Crippen LogP contribution in [0.1, 0.15) is 35.8 Å². The van der Waals surface area contributed by atoms with Gasteiger partial charge in [-0.2, -0.15) is 0 Å². The number of piperidine rings is 1. The highest BCUT2D eigenvalue weighted by molar-refractivity contribution is 7.89. The second kappa shape index (κ2) is 6.76. The van der Waals surface area contributed by atoms with Crippen LogP contribution in [0.4, 0.5) is 0 Å². The Morgan fingerprint density at radius 3 is 2.64 bits per heavy atom. The SMILES string of the molecule is CCS(=O)(=O)N(C)C1CCN(C(=O)c2ccc3cncn3c2C)CC1. The van der Waals surface area contributed by atoms with E-state index in [2.05, 4.69) is 4.98 Å². The molecule has 0 bridgehead atoms. The number of amides is 1. The van der Waals surface area contributed by atoms with Crippen molar-refractivity contribution < 1.29 is 13.2 Å². The van der Waals surface area contributed by atoms with Crippen LogP contribution in [0.5, 0.6) is 0 Å². The Kier molecular flexibility index (Phi) is 4.83. The molecular weight excluding hydrogens is 340 g/mol. The number of carbonyl (C=O) groups is 1. The van der Waals surface area contributed by atoms with E-state index in [1.54, 1.807) is 26.5 Å². The fourth-order valence-corrected chi connectivity index (χ4v) is 4.46. The van der Waals surface area contributed by atoms with Gasteiger partial charge in [-0.3, -0.25) is 4.79 Å². The number of fused-ring (bicyclic) bond motifs is 1. The van der Waals surface area contributed by atoms with Crippen molar-refractivity contribution in [2.24, 2.45) is 0 Å². The summed E-state index contributed by atoms with van der Waals surface area (Å²) in [5.74, 6) is 0.0970. The number of aryl methyl sites for hydroxylation is 1. The Hall–Kier alpha value is -1.93. The zero-order valence-electron chi connectivity index (χ0n) is 14.8. The van der Waals surface area contributed by atoms with E-state index in [0.717, 1.165) is 11.2 Å². The van der Waals surface area contributed by atoms with Crippen LogP contribution in [0.3, 0.4) is 0 Å². The number of rotatable bonds is 4. The van der Waals surface area contributed by atoms with E-state index in [4.69, 9.17) is 0 Å². The highest BCUT2D eigenvalue weighted by Gasteiger charge is 2.31. The third kappa shape index (κ3) is 3.28. The van der Waals surface area contributed by atoms with E-state index in [1.807, 2.05) is 28.4 Å². The fraction of sp³-hybridized carbons (Fsp3) is 0.529. The number of carbonyl (C=O) groups excluding carboxylic acids is 1. The van der Waals surface area contributed by atoms with Gasteiger partial charge < -0.3 is 9.30 Å². The van der Waals surface area contributed by atoms with Gasteiger partial charge in [0.2, 0.25) is 10.0 Å². The summed E-state index contributed by atoms with van der Waals surface area (Å²) < 4.78 is 27.4. The molecule has 3 heterocycles. The van der Waals surface area contributed by atoms with Gasteiger partial charge in [0, 0.05) is 31.9 Å². The second-order valence-electron chi connectivity index (χ2n) is 6.46. The summed E-state index contributed by atoms with van der Waals surface area (Å²) >= 11 is 0. The largest absolute Gasteiger partial charge is 0.338 e. The van der Waals surface area contributed by atoms with Crippen molar-refractivity contribution in [2.45, 2.75) is 32.7 Å². The van der Waals surface area contributed by atoms with Crippen LogP contribution in [0.25, 0.3) is 5.52 Å². The van der Waals surface area contributed by atoms with Crippen molar-refractivity contribution in [3.63, 3.8) is 0 Å². The van der Waals surface area contributed by atoms with Gasteiger partial charge >= 0.3 is 0 Å². The first-order valence-electron chi connectivity index (χ1n) is 8.51. The molecule has 0 radical (unpaired) electrons. The number of hydrogen-bond donors (Lipinski definition) is 0.